The van der Waals surface area contributed by atoms with Crippen LogP contribution in [0.25, 0.3) is 0 Å². The van der Waals surface area contributed by atoms with E-state index >= 15 is 0 Å². The second kappa shape index (κ2) is 6.64. The van der Waals surface area contributed by atoms with Crippen LogP contribution in [0, 0.1) is 5.92 Å². The number of hydrogen-bond donors (Lipinski definition) is 1. The largest absolute Gasteiger partial charge is 0.329 e. The summed E-state index contributed by atoms with van der Waals surface area (Å²) in [4.78, 5) is 6.79. The SMILES string of the molecule is CCCN(CC1CC1)C(CN)c1cncc(Br)c1. The van der Waals surface area contributed by atoms with Gasteiger partial charge >= 0.3 is 0 Å². The summed E-state index contributed by atoms with van der Waals surface area (Å²) in [7, 11) is 0. The van der Waals surface area contributed by atoms with Crippen LogP contribution in [0.5, 0.6) is 0 Å². The Bertz CT molecular complexity index is 379. The monoisotopic (exact) mass is 311 g/mol. The van der Waals surface area contributed by atoms with Gasteiger partial charge in [-0.2, -0.15) is 0 Å². The smallest absolute Gasteiger partial charge is 0.0486 e. The van der Waals surface area contributed by atoms with Crippen molar-refractivity contribution < 1.29 is 0 Å². The van der Waals surface area contributed by atoms with Crippen LogP contribution in [0.1, 0.15) is 37.8 Å². The number of nitrogens with two attached hydrogens (primary N) is 1. The Hall–Kier alpha value is -0.450. The molecule has 2 rings (SSSR count). The zero-order valence-corrected chi connectivity index (χ0v) is 12.6. The van der Waals surface area contributed by atoms with Gasteiger partial charge in [-0.15, -0.1) is 0 Å². The number of hydrogen-bond acceptors (Lipinski definition) is 3. The molecule has 4 heteroatoms. The molecule has 18 heavy (non-hydrogen) atoms. The normalized spacial score (nSPS) is 17.1. The average Bonchev–Trinajstić information content (AvgIpc) is 3.14. The molecule has 1 atom stereocenters. The van der Waals surface area contributed by atoms with Crippen molar-refractivity contribution in [3.05, 3.63) is 28.5 Å². The van der Waals surface area contributed by atoms with Crippen LogP contribution in [-0.2, 0) is 0 Å². The van der Waals surface area contributed by atoms with E-state index in [4.69, 9.17) is 5.73 Å². The van der Waals surface area contributed by atoms with Crippen LogP contribution in [0.3, 0.4) is 0 Å². The fraction of sp³-hybridized carbons (Fsp3) is 0.643. The van der Waals surface area contributed by atoms with Crippen LogP contribution < -0.4 is 5.73 Å². The minimum absolute atomic E-state index is 0.301. The van der Waals surface area contributed by atoms with Gasteiger partial charge in [0.25, 0.3) is 0 Å². The van der Waals surface area contributed by atoms with E-state index in [9.17, 15) is 0 Å². The van der Waals surface area contributed by atoms with Crippen LogP contribution in [0.2, 0.25) is 0 Å². The molecule has 0 aromatic carbocycles. The molecule has 1 aliphatic carbocycles. The first kappa shape index (κ1) is 14.0. The van der Waals surface area contributed by atoms with E-state index in [-0.39, 0.29) is 0 Å². The first-order valence-electron chi connectivity index (χ1n) is 6.79. The second-order valence-electron chi connectivity index (χ2n) is 5.13. The third-order valence-corrected chi connectivity index (χ3v) is 3.91. The third-order valence-electron chi connectivity index (χ3n) is 3.48. The van der Waals surface area contributed by atoms with Gasteiger partial charge in [-0.05, 0) is 59.3 Å². The number of pyridine rings is 1. The maximum Gasteiger partial charge on any atom is 0.0486 e. The van der Waals surface area contributed by atoms with E-state index < -0.39 is 0 Å². The fourth-order valence-corrected chi connectivity index (χ4v) is 2.78. The predicted octanol–water partition coefficient (Wildman–Crippen LogP) is 2.97. The summed E-state index contributed by atoms with van der Waals surface area (Å²) in [6.07, 6.45) is 7.70. The summed E-state index contributed by atoms with van der Waals surface area (Å²) in [6.45, 7) is 5.19. The van der Waals surface area contributed by atoms with Gasteiger partial charge in [0.1, 0.15) is 0 Å². The molecular formula is C14H22BrN3. The quantitative estimate of drug-likeness (QED) is 0.841. The summed E-state index contributed by atoms with van der Waals surface area (Å²) in [5.41, 5.74) is 7.22. The Kier molecular flexibility index (Phi) is 5.15. The number of nitrogens with zero attached hydrogens (tertiary/aromatic N) is 2. The minimum atomic E-state index is 0.301. The summed E-state index contributed by atoms with van der Waals surface area (Å²) < 4.78 is 1.03. The van der Waals surface area contributed by atoms with E-state index in [0.717, 1.165) is 16.9 Å². The Morgan fingerprint density at radius 3 is 2.83 bits per heavy atom. The van der Waals surface area contributed by atoms with Gasteiger partial charge in [0.2, 0.25) is 0 Å². The minimum Gasteiger partial charge on any atom is -0.329 e. The predicted molar refractivity (Wildman–Crippen MR) is 78.3 cm³/mol. The molecule has 1 heterocycles. The van der Waals surface area contributed by atoms with Crippen LogP contribution in [0.15, 0.2) is 22.9 Å². The Balaban J connectivity index is 2.12. The second-order valence-corrected chi connectivity index (χ2v) is 6.04. The lowest BCUT2D eigenvalue weighted by atomic mass is 10.1. The summed E-state index contributed by atoms with van der Waals surface area (Å²) >= 11 is 3.49. The zero-order valence-electron chi connectivity index (χ0n) is 11.0. The van der Waals surface area contributed by atoms with Crippen LogP contribution >= 0.6 is 15.9 Å². The van der Waals surface area contributed by atoms with Crippen molar-refractivity contribution >= 4 is 15.9 Å². The van der Waals surface area contributed by atoms with Crippen molar-refractivity contribution in [1.82, 2.24) is 9.88 Å². The molecular weight excluding hydrogens is 290 g/mol. The lowest BCUT2D eigenvalue weighted by Gasteiger charge is -2.31. The molecule has 1 aliphatic rings. The average molecular weight is 312 g/mol. The lowest BCUT2D eigenvalue weighted by Crippen LogP contribution is -2.36. The molecule has 1 saturated carbocycles. The maximum absolute atomic E-state index is 6.00. The highest BCUT2D eigenvalue weighted by molar-refractivity contribution is 9.10. The fourth-order valence-electron chi connectivity index (χ4n) is 2.40. The first-order chi connectivity index (χ1) is 8.74. The Labute approximate surface area is 118 Å². The molecule has 1 aromatic heterocycles. The Morgan fingerprint density at radius 1 is 1.50 bits per heavy atom. The highest BCUT2D eigenvalue weighted by atomic mass is 79.9. The van der Waals surface area contributed by atoms with E-state index in [2.05, 4.69) is 38.8 Å². The molecule has 0 radical (unpaired) electrons. The van der Waals surface area contributed by atoms with Crippen LogP contribution in [0.4, 0.5) is 0 Å². The summed E-state index contributed by atoms with van der Waals surface area (Å²) in [5.74, 6) is 0.894. The van der Waals surface area contributed by atoms with Gasteiger partial charge in [-0.1, -0.05) is 6.92 Å². The van der Waals surface area contributed by atoms with Gasteiger partial charge in [0.15, 0.2) is 0 Å². The topological polar surface area (TPSA) is 42.1 Å². The van der Waals surface area contributed by atoms with E-state index in [1.165, 1.54) is 31.4 Å². The first-order valence-corrected chi connectivity index (χ1v) is 7.58. The van der Waals surface area contributed by atoms with Gasteiger partial charge in [-0.3, -0.25) is 9.88 Å². The van der Waals surface area contributed by atoms with Gasteiger partial charge in [0.05, 0.1) is 0 Å². The molecule has 0 amide bonds. The van der Waals surface area contributed by atoms with Crippen LogP contribution in [-0.4, -0.2) is 29.5 Å². The van der Waals surface area contributed by atoms with Crippen molar-refractivity contribution in [3.8, 4) is 0 Å². The van der Waals surface area contributed by atoms with E-state index in [0.29, 0.717) is 12.6 Å². The molecule has 0 aliphatic heterocycles. The van der Waals surface area contributed by atoms with Crippen molar-refractivity contribution in [3.63, 3.8) is 0 Å². The van der Waals surface area contributed by atoms with E-state index in [1.54, 1.807) is 0 Å². The molecule has 2 N–H and O–H groups in total. The summed E-state index contributed by atoms with van der Waals surface area (Å²) in [6, 6.07) is 2.44. The standard InChI is InChI=1S/C14H22BrN3/c1-2-5-18(10-11-3-4-11)14(7-16)12-6-13(15)9-17-8-12/h6,8-9,11,14H,2-5,7,10,16H2,1H3. The zero-order chi connectivity index (χ0) is 13.0. The molecule has 0 spiro atoms. The van der Waals surface area contributed by atoms with Crippen molar-refractivity contribution in [2.75, 3.05) is 19.6 Å². The highest BCUT2D eigenvalue weighted by Gasteiger charge is 2.28. The molecule has 100 valence electrons. The van der Waals surface area contributed by atoms with Gasteiger partial charge in [-0.25, -0.2) is 0 Å². The Morgan fingerprint density at radius 2 is 2.28 bits per heavy atom. The molecule has 0 saturated heterocycles. The third kappa shape index (κ3) is 3.77. The molecule has 1 aromatic rings. The van der Waals surface area contributed by atoms with Crippen molar-refractivity contribution in [2.24, 2.45) is 11.7 Å². The number of rotatable bonds is 7. The molecule has 1 fully saturated rings. The number of halogens is 1. The number of aromatic nitrogens is 1. The van der Waals surface area contributed by atoms with Gasteiger partial charge in [0, 0.05) is 36.0 Å². The summed E-state index contributed by atoms with van der Waals surface area (Å²) in [5, 5.41) is 0. The lowest BCUT2D eigenvalue weighted by molar-refractivity contribution is 0.193. The van der Waals surface area contributed by atoms with Crippen molar-refractivity contribution in [1.29, 1.82) is 0 Å². The molecule has 1 unspecified atom stereocenters. The van der Waals surface area contributed by atoms with Crippen molar-refractivity contribution in [2.45, 2.75) is 32.2 Å². The molecule has 0 bridgehead atoms. The highest BCUT2D eigenvalue weighted by Crippen LogP contribution is 2.32. The maximum atomic E-state index is 6.00. The molecule has 3 nitrogen and oxygen atoms in total. The van der Waals surface area contributed by atoms with Gasteiger partial charge < -0.3 is 5.73 Å². The van der Waals surface area contributed by atoms with E-state index in [1.807, 2.05) is 12.4 Å².